The number of hydrogen-bond donors (Lipinski definition) is 2. The van der Waals surface area contributed by atoms with Gasteiger partial charge in [0.2, 0.25) is 0 Å². The van der Waals surface area contributed by atoms with Crippen LogP contribution in [0.15, 0.2) is 33.5 Å². The van der Waals surface area contributed by atoms with Crippen LogP contribution in [0.4, 0.5) is 5.82 Å². The number of aryl methyl sites for hydroxylation is 1. The predicted molar refractivity (Wildman–Crippen MR) is 89.8 cm³/mol. The van der Waals surface area contributed by atoms with Crippen molar-refractivity contribution >= 4 is 28.7 Å². The Morgan fingerprint density at radius 2 is 2.00 bits per heavy atom. The summed E-state index contributed by atoms with van der Waals surface area (Å²) in [6.45, 7) is 2.03. The number of amides is 2. The normalized spacial score (nSPS) is 13.3. The highest BCUT2D eigenvalue weighted by Gasteiger charge is 2.31. The van der Waals surface area contributed by atoms with Crippen molar-refractivity contribution in [2.45, 2.75) is 19.8 Å². The van der Waals surface area contributed by atoms with E-state index in [9.17, 15) is 14.4 Å². The smallest absolute Gasteiger partial charge is 0.262 e. The van der Waals surface area contributed by atoms with E-state index in [0.717, 1.165) is 12.5 Å². The van der Waals surface area contributed by atoms with Gasteiger partial charge in [-0.15, -0.1) is 0 Å². The van der Waals surface area contributed by atoms with Gasteiger partial charge in [-0.2, -0.15) is 0 Å². The van der Waals surface area contributed by atoms with Crippen LogP contribution in [0.3, 0.4) is 0 Å². The molecule has 2 amide bonds. The molecule has 3 heterocycles. The maximum atomic E-state index is 12.4. The monoisotopic (exact) mass is 338 g/mol. The number of aromatic nitrogens is 2. The zero-order chi connectivity index (χ0) is 17.7. The molecule has 3 aromatic rings. The maximum absolute atomic E-state index is 12.4. The maximum Gasteiger partial charge on any atom is 0.262 e. The molecule has 8 heteroatoms. The summed E-state index contributed by atoms with van der Waals surface area (Å²) in [5.74, 6) is -0.692. The molecule has 0 saturated heterocycles. The first-order chi connectivity index (χ1) is 12.0. The van der Waals surface area contributed by atoms with Crippen LogP contribution in [0.2, 0.25) is 0 Å². The molecule has 0 radical (unpaired) electrons. The third kappa shape index (κ3) is 2.22. The van der Waals surface area contributed by atoms with Crippen LogP contribution in [0.5, 0.6) is 0 Å². The van der Waals surface area contributed by atoms with Crippen LogP contribution in [-0.4, -0.2) is 21.4 Å². The second-order valence-electron chi connectivity index (χ2n) is 5.78. The van der Waals surface area contributed by atoms with Crippen molar-refractivity contribution < 1.29 is 14.0 Å². The lowest BCUT2D eigenvalue weighted by molar-refractivity contribution is 0.0880. The lowest BCUT2D eigenvalue weighted by Gasteiger charge is -2.11. The number of imide groups is 1. The zero-order valence-corrected chi connectivity index (χ0v) is 13.3. The Morgan fingerprint density at radius 1 is 1.20 bits per heavy atom. The molecule has 0 bridgehead atoms. The number of nitrogens with zero attached hydrogens (tertiary/aromatic N) is 2. The Morgan fingerprint density at radius 3 is 2.76 bits per heavy atom. The number of anilines is 1. The molecule has 25 heavy (non-hydrogen) atoms. The average molecular weight is 338 g/mol. The van der Waals surface area contributed by atoms with Crippen molar-refractivity contribution in [1.82, 2.24) is 14.9 Å². The van der Waals surface area contributed by atoms with Gasteiger partial charge in [0, 0.05) is 12.5 Å². The number of carbonyl (C=O) groups excluding carboxylic acids is 2. The van der Waals surface area contributed by atoms with Gasteiger partial charge >= 0.3 is 0 Å². The number of nitrogen functional groups attached to an aromatic ring is 1. The highest BCUT2D eigenvalue weighted by Crippen LogP contribution is 2.25. The molecule has 0 spiro atoms. The van der Waals surface area contributed by atoms with Crippen molar-refractivity contribution in [3.8, 4) is 5.69 Å². The van der Waals surface area contributed by atoms with Crippen LogP contribution in [0.1, 0.15) is 40.0 Å². The lowest BCUT2D eigenvalue weighted by atomic mass is 10.1. The fourth-order valence-electron chi connectivity index (χ4n) is 2.97. The van der Waals surface area contributed by atoms with Crippen LogP contribution in [0, 0.1) is 0 Å². The van der Waals surface area contributed by atoms with Crippen molar-refractivity contribution in [2.75, 3.05) is 5.73 Å². The number of nitrogens with one attached hydrogen (secondary N) is 1. The number of oxazole rings is 1. The van der Waals surface area contributed by atoms with Gasteiger partial charge in [0.05, 0.1) is 16.8 Å². The number of carbonyl (C=O) groups is 2. The summed E-state index contributed by atoms with van der Waals surface area (Å²) in [6, 6.07) is 6.13. The number of hydrogen-bond acceptors (Lipinski definition) is 6. The zero-order valence-electron chi connectivity index (χ0n) is 13.3. The van der Waals surface area contributed by atoms with E-state index in [0.29, 0.717) is 29.1 Å². The van der Waals surface area contributed by atoms with Gasteiger partial charge in [0.15, 0.2) is 11.5 Å². The average Bonchev–Trinajstić information content (AvgIpc) is 3.08. The highest BCUT2D eigenvalue weighted by molar-refractivity contribution is 6.23. The topological polar surface area (TPSA) is 120 Å². The minimum Gasteiger partial charge on any atom is -0.441 e. The van der Waals surface area contributed by atoms with E-state index in [2.05, 4.69) is 10.3 Å². The summed E-state index contributed by atoms with van der Waals surface area (Å²) >= 11 is 0. The summed E-state index contributed by atoms with van der Waals surface area (Å²) in [6.07, 6.45) is 1.62. The predicted octanol–water partition coefficient (Wildman–Crippen LogP) is 1.40. The molecule has 1 aliphatic heterocycles. The van der Waals surface area contributed by atoms with Crippen LogP contribution in [-0.2, 0) is 6.42 Å². The summed E-state index contributed by atoms with van der Waals surface area (Å²) in [7, 11) is 0. The summed E-state index contributed by atoms with van der Waals surface area (Å²) in [4.78, 5) is 40.5. The molecule has 0 saturated carbocycles. The van der Waals surface area contributed by atoms with Crippen molar-refractivity contribution in [2.24, 2.45) is 0 Å². The van der Waals surface area contributed by atoms with Crippen LogP contribution < -0.4 is 16.6 Å². The Balaban J connectivity index is 1.92. The third-order valence-corrected chi connectivity index (χ3v) is 4.09. The standard InChI is InChI=1S/C17H14N4O4/c1-2-3-12-19-10-6-8(4-5-11(10)25-12)21-13(22)7-9-14(15(21)18)17(24)20-16(9)23/h4-7H,2-3,18H2,1H3,(H,20,23,24). The molecule has 4 rings (SSSR count). The fourth-order valence-corrected chi connectivity index (χ4v) is 2.97. The van der Waals surface area contributed by atoms with Gasteiger partial charge in [0.25, 0.3) is 17.4 Å². The van der Waals surface area contributed by atoms with E-state index in [1.54, 1.807) is 18.2 Å². The molecule has 0 fully saturated rings. The first-order valence-corrected chi connectivity index (χ1v) is 7.80. The first-order valence-electron chi connectivity index (χ1n) is 7.80. The van der Waals surface area contributed by atoms with Gasteiger partial charge in [-0.3, -0.25) is 24.3 Å². The Hall–Kier alpha value is -3.42. The van der Waals surface area contributed by atoms with E-state index in [4.69, 9.17) is 10.2 Å². The number of pyridine rings is 1. The molecular formula is C17H14N4O4. The number of rotatable bonds is 3. The van der Waals surface area contributed by atoms with E-state index in [1.807, 2.05) is 6.92 Å². The van der Waals surface area contributed by atoms with Crippen molar-refractivity contribution in [1.29, 1.82) is 0 Å². The van der Waals surface area contributed by atoms with E-state index in [-0.39, 0.29) is 16.9 Å². The summed E-state index contributed by atoms with van der Waals surface area (Å²) < 4.78 is 6.81. The number of nitrogens with two attached hydrogens (primary N) is 1. The minimum absolute atomic E-state index is 0.00324. The largest absolute Gasteiger partial charge is 0.441 e. The van der Waals surface area contributed by atoms with Gasteiger partial charge in [-0.05, 0) is 24.6 Å². The van der Waals surface area contributed by atoms with E-state index >= 15 is 0 Å². The Kier molecular flexibility index (Phi) is 3.21. The second kappa shape index (κ2) is 5.30. The first kappa shape index (κ1) is 15.1. The lowest BCUT2D eigenvalue weighted by Crippen LogP contribution is -2.24. The number of benzene rings is 1. The number of fused-ring (bicyclic) bond motifs is 2. The van der Waals surface area contributed by atoms with Crippen LogP contribution >= 0.6 is 0 Å². The van der Waals surface area contributed by atoms with E-state index < -0.39 is 17.4 Å². The molecule has 0 unspecified atom stereocenters. The van der Waals surface area contributed by atoms with Crippen molar-refractivity contribution in [3.05, 3.63) is 51.6 Å². The Bertz CT molecular complexity index is 1110. The van der Waals surface area contributed by atoms with Gasteiger partial charge in [-0.25, -0.2) is 4.98 Å². The molecule has 0 atom stereocenters. The Labute approximate surface area is 141 Å². The SMILES string of the molecule is CCCc1nc2cc(-n3c(N)c4c(cc3=O)C(=O)NC4=O)ccc2o1. The third-order valence-electron chi connectivity index (χ3n) is 4.09. The summed E-state index contributed by atoms with van der Waals surface area (Å²) in [5, 5.41) is 2.14. The molecule has 126 valence electrons. The van der Waals surface area contributed by atoms with Gasteiger partial charge in [-0.1, -0.05) is 6.92 Å². The minimum atomic E-state index is -0.618. The summed E-state index contributed by atoms with van der Waals surface area (Å²) in [5.41, 5.74) is 7.17. The molecule has 3 N–H and O–H groups in total. The molecule has 1 aliphatic rings. The molecule has 0 aliphatic carbocycles. The van der Waals surface area contributed by atoms with Gasteiger partial charge < -0.3 is 10.2 Å². The van der Waals surface area contributed by atoms with Crippen LogP contribution in [0.25, 0.3) is 16.8 Å². The molecular weight excluding hydrogens is 324 g/mol. The molecule has 8 nitrogen and oxygen atoms in total. The molecule has 2 aromatic heterocycles. The fraction of sp³-hybridized carbons (Fsp3) is 0.176. The van der Waals surface area contributed by atoms with Gasteiger partial charge in [0.1, 0.15) is 11.3 Å². The van der Waals surface area contributed by atoms with Crippen molar-refractivity contribution in [3.63, 3.8) is 0 Å². The van der Waals surface area contributed by atoms with E-state index in [1.165, 1.54) is 4.57 Å². The quantitative estimate of drug-likeness (QED) is 0.696. The second-order valence-corrected chi connectivity index (χ2v) is 5.78. The highest BCUT2D eigenvalue weighted by atomic mass is 16.3. The molecule has 1 aromatic carbocycles.